The fourth-order valence-corrected chi connectivity index (χ4v) is 2.45. The minimum Gasteiger partial charge on any atom is -0.352 e. The Labute approximate surface area is 120 Å². The number of nitrogens with zero attached hydrogens (tertiary/aromatic N) is 1. The van der Waals surface area contributed by atoms with Crippen LogP contribution in [-0.4, -0.2) is 29.3 Å². The second-order valence-corrected chi connectivity index (χ2v) is 5.74. The molecule has 2 amide bonds. The van der Waals surface area contributed by atoms with Crippen molar-refractivity contribution in [2.24, 2.45) is 5.92 Å². The van der Waals surface area contributed by atoms with E-state index in [4.69, 9.17) is 0 Å². The van der Waals surface area contributed by atoms with Gasteiger partial charge in [-0.05, 0) is 26.3 Å². The lowest BCUT2D eigenvalue weighted by Crippen LogP contribution is -2.35. The molecular weight excluding hydrogens is 252 g/mol. The molecule has 0 radical (unpaired) electrons. The first-order valence-corrected chi connectivity index (χ1v) is 7.10. The molecule has 1 aliphatic rings. The normalized spacial score (nSPS) is 18.7. The zero-order valence-electron chi connectivity index (χ0n) is 12.3. The number of aryl methyl sites for hydroxylation is 1. The van der Waals surface area contributed by atoms with Crippen LogP contribution in [0.3, 0.4) is 0 Å². The molecule has 0 saturated carbocycles. The van der Waals surface area contributed by atoms with E-state index in [0.717, 1.165) is 5.56 Å². The van der Waals surface area contributed by atoms with Gasteiger partial charge >= 0.3 is 0 Å². The lowest BCUT2D eigenvalue weighted by atomic mass is 10.1. The van der Waals surface area contributed by atoms with Crippen LogP contribution in [-0.2, 0) is 16.1 Å². The van der Waals surface area contributed by atoms with Crippen molar-refractivity contribution in [3.05, 3.63) is 35.4 Å². The molecular formula is C16H22N2O2. The highest BCUT2D eigenvalue weighted by Gasteiger charge is 2.35. The molecule has 1 aromatic carbocycles. The average molecular weight is 274 g/mol. The van der Waals surface area contributed by atoms with Crippen LogP contribution in [0.15, 0.2) is 24.3 Å². The number of rotatable bonds is 4. The Balaban J connectivity index is 1.87. The summed E-state index contributed by atoms with van der Waals surface area (Å²) in [7, 11) is 0. The van der Waals surface area contributed by atoms with Gasteiger partial charge in [-0.1, -0.05) is 29.8 Å². The molecule has 0 aliphatic carbocycles. The van der Waals surface area contributed by atoms with E-state index in [9.17, 15) is 9.59 Å². The number of carbonyl (C=O) groups is 2. The molecule has 4 nitrogen and oxygen atoms in total. The summed E-state index contributed by atoms with van der Waals surface area (Å²) in [6.07, 6.45) is 0.331. The topological polar surface area (TPSA) is 49.4 Å². The van der Waals surface area contributed by atoms with Crippen LogP contribution in [0.25, 0.3) is 0 Å². The van der Waals surface area contributed by atoms with E-state index in [2.05, 4.69) is 5.32 Å². The minimum absolute atomic E-state index is 0.0259. The SMILES string of the molecule is Cc1ccc(CNC(=O)[C@@H]2CC(=O)N(C(C)C)C2)cc1. The van der Waals surface area contributed by atoms with Crippen molar-refractivity contribution in [3.63, 3.8) is 0 Å². The fraction of sp³-hybridized carbons (Fsp3) is 0.500. The average Bonchev–Trinajstić information content (AvgIpc) is 2.80. The molecule has 4 heteroatoms. The summed E-state index contributed by atoms with van der Waals surface area (Å²) in [5.41, 5.74) is 2.28. The van der Waals surface area contributed by atoms with E-state index >= 15 is 0 Å². The summed E-state index contributed by atoms with van der Waals surface area (Å²) < 4.78 is 0. The second-order valence-electron chi connectivity index (χ2n) is 5.74. The summed E-state index contributed by atoms with van der Waals surface area (Å²) in [6, 6.07) is 8.24. The number of hydrogen-bond donors (Lipinski definition) is 1. The van der Waals surface area contributed by atoms with Crippen molar-refractivity contribution in [1.82, 2.24) is 10.2 Å². The van der Waals surface area contributed by atoms with Gasteiger partial charge in [0.25, 0.3) is 0 Å². The van der Waals surface area contributed by atoms with Crippen LogP contribution in [0, 0.1) is 12.8 Å². The first-order valence-electron chi connectivity index (χ1n) is 7.10. The maximum absolute atomic E-state index is 12.1. The van der Waals surface area contributed by atoms with E-state index in [1.807, 2.05) is 45.0 Å². The molecule has 1 heterocycles. The first-order chi connectivity index (χ1) is 9.47. The largest absolute Gasteiger partial charge is 0.352 e. The standard InChI is InChI=1S/C16H22N2O2/c1-11(2)18-10-14(8-15(18)19)16(20)17-9-13-6-4-12(3)5-7-13/h4-7,11,14H,8-10H2,1-3H3,(H,17,20)/t14-/m1/s1. The monoisotopic (exact) mass is 274 g/mol. The van der Waals surface area contributed by atoms with Gasteiger partial charge < -0.3 is 10.2 Å². The third-order valence-electron chi connectivity index (χ3n) is 3.74. The Kier molecular flexibility index (Phi) is 4.42. The minimum atomic E-state index is -0.213. The molecule has 1 saturated heterocycles. The van der Waals surface area contributed by atoms with Gasteiger partial charge in [0.2, 0.25) is 11.8 Å². The predicted octanol–water partition coefficient (Wildman–Crippen LogP) is 1.87. The highest BCUT2D eigenvalue weighted by atomic mass is 16.2. The van der Waals surface area contributed by atoms with Gasteiger partial charge in [0.15, 0.2) is 0 Å². The quantitative estimate of drug-likeness (QED) is 0.911. The third kappa shape index (κ3) is 3.38. The molecule has 1 aliphatic heterocycles. The smallest absolute Gasteiger partial charge is 0.225 e. The fourth-order valence-electron chi connectivity index (χ4n) is 2.45. The van der Waals surface area contributed by atoms with Crippen molar-refractivity contribution in [2.75, 3.05) is 6.54 Å². The Morgan fingerprint density at radius 3 is 2.55 bits per heavy atom. The summed E-state index contributed by atoms with van der Waals surface area (Å²) in [6.45, 7) is 7.05. The van der Waals surface area contributed by atoms with E-state index < -0.39 is 0 Å². The zero-order valence-corrected chi connectivity index (χ0v) is 12.3. The van der Waals surface area contributed by atoms with Crippen molar-refractivity contribution in [3.8, 4) is 0 Å². The van der Waals surface area contributed by atoms with Crippen molar-refractivity contribution < 1.29 is 9.59 Å². The Bertz CT molecular complexity index is 494. The van der Waals surface area contributed by atoms with Crippen LogP contribution in [0.2, 0.25) is 0 Å². The highest BCUT2D eigenvalue weighted by Crippen LogP contribution is 2.20. The van der Waals surface area contributed by atoms with Crippen LogP contribution in [0.4, 0.5) is 0 Å². The Morgan fingerprint density at radius 1 is 1.35 bits per heavy atom. The van der Waals surface area contributed by atoms with Crippen molar-refractivity contribution >= 4 is 11.8 Å². The molecule has 0 unspecified atom stereocenters. The van der Waals surface area contributed by atoms with Gasteiger partial charge in [-0.3, -0.25) is 9.59 Å². The summed E-state index contributed by atoms with van der Waals surface area (Å²) in [4.78, 5) is 25.7. The lowest BCUT2D eigenvalue weighted by molar-refractivity contribution is -0.129. The van der Waals surface area contributed by atoms with Crippen LogP contribution in [0.5, 0.6) is 0 Å². The predicted molar refractivity (Wildman–Crippen MR) is 78.0 cm³/mol. The van der Waals surface area contributed by atoms with Gasteiger partial charge in [0.05, 0.1) is 5.92 Å². The van der Waals surface area contributed by atoms with Crippen LogP contribution >= 0.6 is 0 Å². The Hall–Kier alpha value is -1.84. The maximum atomic E-state index is 12.1. The van der Waals surface area contributed by atoms with E-state index in [0.29, 0.717) is 19.5 Å². The van der Waals surface area contributed by atoms with Gasteiger partial charge in [0, 0.05) is 25.6 Å². The Morgan fingerprint density at radius 2 is 2.00 bits per heavy atom. The molecule has 1 fully saturated rings. The maximum Gasteiger partial charge on any atom is 0.225 e. The van der Waals surface area contributed by atoms with E-state index in [1.165, 1.54) is 5.56 Å². The molecule has 0 aromatic heterocycles. The van der Waals surface area contributed by atoms with Crippen molar-refractivity contribution in [2.45, 2.75) is 39.8 Å². The van der Waals surface area contributed by atoms with Crippen molar-refractivity contribution in [1.29, 1.82) is 0 Å². The van der Waals surface area contributed by atoms with Gasteiger partial charge in [-0.2, -0.15) is 0 Å². The van der Waals surface area contributed by atoms with E-state index in [1.54, 1.807) is 4.90 Å². The molecule has 20 heavy (non-hydrogen) atoms. The van der Waals surface area contributed by atoms with E-state index in [-0.39, 0.29) is 23.8 Å². The zero-order chi connectivity index (χ0) is 14.7. The molecule has 108 valence electrons. The number of amides is 2. The number of likely N-dealkylation sites (tertiary alicyclic amines) is 1. The third-order valence-corrected chi connectivity index (χ3v) is 3.74. The molecule has 1 N–H and O–H groups in total. The number of hydrogen-bond acceptors (Lipinski definition) is 2. The van der Waals surface area contributed by atoms with Gasteiger partial charge in [-0.25, -0.2) is 0 Å². The van der Waals surface area contributed by atoms with Gasteiger partial charge in [-0.15, -0.1) is 0 Å². The molecule has 1 aromatic rings. The molecule has 2 rings (SSSR count). The molecule has 0 bridgehead atoms. The summed E-state index contributed by atoms with van der Waals surface area (Å²) in [5.74, 6) is -0.159. The van der Waals surface area contributed by atoms with Crippen LogP contribution in [0.1, 0.15) is 31.4 Å². The number of benzene rings is 1. The summed E-state index contributed by atoms with van der Waals surface area (Å²) >= 11 is 0. The molecule has 0 spiro atoms. The lowest BCUT2D eigenvalue weighted by Gasteiger charge is -2.20. The summed E-state index contributed by atoms with van der Waals surface area (Å²) in [5, 5.41) is 2.92. The molecule has 1 atom stereocenters. The van der Waals surface area contributed by atoms with Crippen LogP contribution < -0.4 is 5.32 Å². The highest BCUT2D eigenvalue weighted by molar-refractivity contribution is 5.89. The second kappa shape index (κ2) is 6.07. The first kappa shape index (κ1) is 14.6. The van der Waals surface area contributed by atoms with Gasteiger partial charge in [0.1, 0.15) is 0 Å². The number of carbonyl (C=O) groups excluding carboxylic acids is 2. The number of nitrogens with one attached hydrogen (secondary N) is 1.